The summed E-state index contributed by atoms with van der Waals surface area (Å²) >= 11 is 5.98. The van der Waals surface area contributed by atoms with Crippen molar-refractivity contribution in [2.45, 2.75) is 38.3 Å². The minimum Gasteiger partial charge on any atom is -0.454 e. The van der Waals surface area contributed by atoms with Gasteiger partial charge in [0, 0.05) is 17.6 Å². The van der Waals surface area contributed by atoms with Gasteiger partial charge in [-0.05, 0) is 48.7 Å². The van der Waals surface area contributed by atoms with Crippen LogP contribution in [0.15, 0.2) is 36.4 Å². The normalized spacial score (nSPS) is 16.1. The van der Waals surface area contributed by atoms with Gasteiger partial charge in [-0.3, -0.25) is 4.79 Å². The monoisotopic (exact) mass is 375 g/mol. The van der Waals surface area contributed by atoms with Crippen LogP contribution in [-0.4, -0.2) is 23.6 Å². The Bertz CT molecular complexity index is 836. The lowest BCUT2D eigenvalue weighted by molar-refractivity contribution is 0.0659. The van der Waals surface area contributed by atoms with Crippen LogP contribution in [0.2, 0.25) is 5.02 Å². The Morgan fingerprint density at radius 2 is 1.88 bits per heavy atom. The molecular weight excluding hydrogens is 357 g/mol. The van der Waals surface area contributed by atoms with Crippen molar-refractivity contribution in [2.75, 3.05) is 6.79 Å². The molecule has 2 aliphatic rings. The van der Waals surface area contributed by atoms with E-state index in [-0.39, 0.29) is 24.3 Å². The van der Waals surface area contributed by atoms with E-state index in [9.17, 15) is 9.18 Å². The van der Waals surface area contributed by atoms with E-state index in [1.54, 1.807) is 4.90 Å². The van der Waals surface area contributed by atoms with Crippen LogP contribution in [0.4, 0.5) is 4.39 Å². The number of hydrogen-bond donors (Lipinski definition) is 0. The number of fused-ring (bicyclic) bond motifs is 1. The van der Waals surface area contributed by atoms with E-state index in [0.717, 1.165) is 31.2 Å². The van der Waals surface area contributed by atoms with Crippen molar-refractivity contribution in [2.24, 2.45) is 0 Å². The molecule has 0 saturated heterocycles. The topological polar surface area (TPSA) is 38.8 Å². The SMILES string of the molecule is O=C(c1cc(Cl)ccc1F)N(Cc1ccc2c(c1)OCO2)C1CCCC1. The summed E-state index contributed by atoms with van der Waals surface area (Å²) in [6.07, 6.45) is 4.01. The summed E-state index contributed by atoms with van der Waals surface area (Å²) in [6.45, 7) is 0.601. The zero-order valence-corrected chi connectivity index (χ0v) is 15.0. The van der Waals surface area contributed by atoms with Crippen molar-refractivity contribution in [3.63, 3.8) is 0 Å². The van der Waals surface area contributed by atoms with Crippen molar-refractivity contribution in [3.8, 4) is 11.5 Å². The fourth-order valence-electron chi connectivity index (χ4n) is 3.63. The number of amides is 1. The maximum atomic E-state index is 14.2. The van der Waals surface area contributed by atoms with Crippen LogP contribution in [0, 0.1) is 5.82 Å². The Hall–Kier alpha value is -2.27. The lowest BCUT2D eigenvalue weighted by atomic mass is 10.1. The summed E-state index contributed by atoms with van der Waals surface area (Å²) in [6, 6.07) is 9.83. The van der Waals surface area contributed by atoms with E-state index >= 15 is 0 Å². The van der Waals surface area contributed by atoms with E-state index in [0.29, 0.717) is 23.1 Å². The van der Waals surface area contributed by atoms with Crippen LogP contribution in [-0.2, 0) is 6.54 Å². The average Bonchev–Trinajstić information content (AvgIpc) is 3.32. The molecule has 4 nitrogen and oxygen atoms in total. The van der Waals surface area contributed by atoms with E-state index in [4.69, 9.17) is 21.1 Å². The van der Waals surface area contributed by atoms with Gasteiger partial charge in [0.05, 0.1) is 5.56 Å². The third kappa shape index (κ3) is 3.36. The zero-order chi connectivity index (χ0) is 18.1. The van der Waals surface area contributed by atoms with Gasteiger partial charge in [-0.15, -0.1) is 0 Å². The Labute approximate surface area is 156 Å². The molecule has 1 aliphatic carbocycles. The predicted molar refractivity (Wildman–Crippen MR) is 96.1 cm³/mol. The summed E-state index contributed by atoms with van der Waals surface area (Å²) in [5, 5.41) is 0.351. The quantitative estimate of drug-likeness (QED) is 0.771. The Morgan fingerprint density at radius 3 is 2.69 bits per heavy atom. The Morgan fingerprint density at radius 1 is 1.12 bits per heavy atom. The predicted octanol–water partition coefficient (Wildman–Crippen LogP) is 4.79. The molecule has 0 unspecified atom stereocenters. The molecule has 0 N–H and O–H groups in total. The number of carbonyl (C=O) groups excluding carboxylic acids is 1. The number of ether oxygens (including phenoxy) is 2. The Balaban J connectivity index is 1.64. The minimum absolute atomic E-state index is 0.0187. The molecule has 26 heavy (non-hydrogen) atoms. The van der Waals surface area contributed by atoms with Gasteiger partial charge in [-0.25, -0.2) is 4.39 Å². The molecule has 2 aromatic rings. The average molecular weight is 376 g/mol. The molecule has 1 fully saturated rings. The van der Waals surface area contributed by atoms with Gasteiger partial charge in [0.1, 0.15) is 5.82 Å². The van der Waals surface area contributed by atoms with Crippen LogP contribution in [0.5, 0.6) is 11.5 Å². The summed E-state index contributed by atoms with van der Waals surface area (Å²) in [7, 11) is 0. The van der Waals surface area contributed by atoms with Crippen LogP contribution in [0.25, 0.3) is 0 Å². The van der Waals surface area contributed by atoms with Gasteiger partial charge in [0.2, 0.25) is 6.79 Å². The highest BCUT2D eigenvalue weighted by Crippen LogP contribution is 2.34. The summed E-state index contributed by atoms with van der Waals surface area (Å²) in [5.74, 6) is 0.506. The number of rotatable bonds is 4. The molecule has 4 rings (SSSR count). The maximum Gasteiger partial charge on any atom is 0.257 e. The van der Waals surface area contributed by atoms with Crippen molar-refractivity contribution in [3.05, 3.63) is 58.4 Å². The van der Waals surface area contributed by atoms with Crippen LogP contribution in [0.1, 0.15) is 41.6 Å². The molecular formula is C20H19ClFNO3. The number of nitrogens with zero attached hydrogens (tertiary/aromatic N) is 1. The summed E-state index contributed by atoms with van der Waals surface area (Å²) in [4.78, 5) is 14.9. The minimum atomic E-state index is -0.548. The van der Waals surface area contributed by atoms with Crippen molar-refractivity contribution in [1.82, 2.24) is 4.90 Å². The molecule has 1 amide bonds. The van der Waals surface area contributed by atoms with Crippen molar-refractivity contribution < 1.29 is 18.7 Å². The lowest BCUT2D eigenvalue weighted by Gasteiger charge is -2.29. The first-order chi connectivity index (χ1) is 12.6. The molecule has 0 spiro atoms. The zero-order valence-electron chi connectivity index (χ0n) is 14.2. The molecule has 0 radical (unpaired) electrons. The summed E-state index contributed by atoms with van der Waals surface area (Å²) in [5.41, 5.74) is 0.946. The fraction of sp³-hybridized carbons (Fsp3) is 0.350. The largest absolute Gasteiger partial charge is 0.454 e. The van der Waals surface area contributed by atoms with Gasteiger partial charge in [0.15, 0.2) is 11.5 Å². The van der Waals surface area contributed by atoms with Gasteiger partial charge < -0.3 is 14.4 Å². The van der Waals surface area contributed by atoms with Crippen molar-refractivity contribution >= 4 is 17.5 Å². The third-order valence-electron chi connectivity index (χ3n) is 4.98. The first-order valence-electron chi connectivity index (χ1n) is 8.76. The standard InChI is InChI=1S/C20H19ClFNO3/c21-14-6-7-17(22)16(10-14)20(24)23(15-3-1-2-4-15)11-13-5-8-18-19(9-13)26-12-25-18/h5-10,15H,1-4,11-12H2. The lowest BCUT2D eigenvalue weighted by Crippen LogP contribution is -2.38. The second-order valence-corrected chi connectivity index (χ2v) is 7.12. The molecule has 0 atom stereocenters. The van der Waals surface area contributed by atoms with E-state index in [1.165, 1.54) is 18.2 Å². The number of benzene rings is 2. The Kier molecular flexibility index (Phi) is 4.72. The highest BCUT2D eigenvalue weighted by Gasteiger charge is 2.29. The van der Waals surface area contributed by atoms with Gasteiger partial charge in [0.25, 0.3) is 5.91 Å². The number of halogens is 2. The van der Waals surface area contributed by atoms with Crippen LogP contribution >= 0.6 is 11.6 Å². The van der Waals surface area contributed by atoms with E-state index in [1.807, 2.05) is 18.2 Å². The van der Waals surface area contributed by atoms with Gasteiger partial charge in [-0.2, -0.15) is 0 Å². The highest BCUT2D eigenvalue weighted by molar-refractivity contribution is 6.31. The molecule has 1 saturated carbocycles. The molecule has 6 heteroatoms. The highest BCUT2D eigenvalue weighted by atomic mass is 35.5. The first kappa shape index (κ1) is 17.2. The maximum absolute atomic E-state index is 14.2. The molecule has 1 heterocycles. The molecule has 0 aromatic heterocycles. The van der Waals surface area contributed by atoms with E-state index < -0.39 is 5.82 Å². The second-order valence-electron chi connectivity index (χ2n) is 6.68. The van der Waals surface area contributed by atoms with Gasteiger partial charge in [-0.1, -0.05) is 30.5 Å². The summed E-state index contributed by atoms with van der Waals surface area (Å²) < 4.78 is 25.0. The van der Waals surface area contributed by atoms with Crippen LogP contribution in [0.3, 0.4) is 0 Å². The smallest absolute Gasteiger partial charge is 0.257 e. The van der Waals surface area contributed by atoms with Crippen LogP contribution < -0.4 is 9.47 Å². The van der Waals surface area contributed by atoms with Gasteiger partial charge >= 0.3 is 0 Å². The first-order valence-corrected chi connectivity index (χ1v) is 9.14. The molecule has 136 valence electrons. The number of carbonyl (C=O) groups is 1. The second kappa shape index (κ2) is 7.16. The fourth-order valence-corrected chi connectivity index (χ4v) is 3.81. The molecule has 2 aromatic carbocycles. The molecule has 0 bridgehead atoms. The van der Waals surface area contributed by atoms with Crippen molar-refractivity contribution in [1.29, 1.82) is 0 Å². The van der Waals surface area contributed by atoms with E-state index in [2.05, 4.69) is 0 Å². The third-order valence-corrected chi connectivity index (χ3v) is 5.21. The molecule has 1 aliphatic heterocycles. The number of hydrogen-bond acceptors (Lipinski definition) is 3.